The van der Waals surface area contributed by atoms with E-state index in [1.807, 2.05) is 6.92 Å². The standard InChI is InChI=1S/C23H15ClN2O6/c1-12-2-5-14(6-3-12)26-21(28)17(20(27)25-23(26)31)11-15-7-9-19(32-15)13-4-8-18(24)16(10-13)22(29)30/h2-11H,1H3,(H,29,30)(H,25,27,31)/b17-11+. The zero-order valence-electron chi connectivity index (χ0n) is 16.6. The van der Waals surface area contributed by atoms with Gasteiger partial charge >= 0.3 is 12.0 Å². The number of benzene rings is 2. The fourth-order valence-electron chi connectivity index (χ4n) is 3.16. The van der Waals surface area contributed by atoms with Gasteiger partial charge in [-0.05, 0) is 55.5 Å². The lowest BCUT2D eigenvalue weighted by Crippen LogP contribution is -2.54. The molecule has 9 heteroatoms. The van der Waals surface area contributed by atoms with Gasteiger partial charge in [-0.2, -0.15) is 0 Å². The minimum absolute atomic E-state index is 0.0838. The molecule has 0 unspecified atom stereocenters. The van der Waals surface area contributed by atoms with Crippen LogP contribution >= 0.6 is 11.6 Å². The lowest BCUT2D eigenvalue weighted by molar-refractivity contribution is -0.122. The number of imide groups is 2. The number of urea groups is 1. The summed E-state index contributed by atoms with van der Waals surface area (Å²) in [5.74, 6) is -2.34. The van der Waals surface area contributed by atoms with Gasteiger partial charge in [0.25, 0.3) is 11.8 Å². The van der Waals surface area contributed by atoms with Crippen LogP contribution in [0.3, 0.4) is 0 Å². The number of carboxylic acid groups (broad SMARTS) is 1. The molecule has 32 heavy (non-hydrogen) atoms. The lowest BCUT2D eigenvalue weighted by atomic mass is 10.1. The van der Waals surface area contributed by atoms with Crippen LogP contribution < -0.4 is 10.2 Å². The molecular weight excluding hydrogens is 436 g/mol. The second kappa shape index (κ2) is 8.16. The number of hydrogen-bond donors (Lipinski definition) is 2. The Morgan fingerprint density at radius 1 is 1.06 bits per heavy atom. The number of rotatable bonds is 4. The van der Waals surface area contributed by atoms with E-state index in [2.05, 4.69) is 5.32 Å². The molecule has 1 aliphatic rings. The Kier molecular flexibility index (Phi) is 5.38. The maximum Gasteiger partial charge on any atom is 0.337 e. The van der Waals surface area contributed by atoms with Crippen molar-refractivity contribution in [2.45, 2.75) is 6.92 Å². The van der Waals surface area contributed by atoms with Crippen molar-refractivity contribution >= 4 is 47.2 Å². The Morgan fingerprint density at radius 3 is 2.47 bits per heavy atom. The van der Waals surface area contributed by atoms with Gasteiger partial charge in [-0.25, -0.2) is 14.5 Å². The summed E-state index contributed by atoms with van der Waals surface area (Å²) in [7, 11) is 0. The molecule has 4 amide bonds. The molecule has 1 saturated heterocycles. The zero-order chi connectivity index (χ0) is 23.0. The van der Waals surface area contributed by atoms with E-state index in [-0.39, 0.29) is 21.9 Å². The molecule has 3 aromatic rings. The molecule has 1 fully saturated rings. The average Bonchev–Trinajstić information content (AvgIpc) is 3.21. The van der Waals surface area contributed by atoms with Crippen molar-refractivity contribution in [2.24, 2.45) is 0 Å². The van der Waals surface area contributed by atoms with Crippen LogP contribution in [-0.4, -0.2) is 28.9 Å². The number of furan rings is 1. The molecule has 0 radical (unpaired) electrons. The molecule has 1 aliphatic heterocycles. The van der Waals surface area contributed by atoms with Crippen LogP contribution in [0.15, 0.2) is 64.6 Å². The number of amides is 4. The number of nitrogens with one attached hydrogen (secondary N) is 1. The van der Waals surface area contributed by atoms with Crippen LogP contribution in [0.25, 0.3) is 17.4 Å². The second-order valence-corrected chi connectivity index (χ2v) is 7.40. The predicted octanol–water partition coefficient (Wildman–Crippen LogP) is 4.27. The van der Waals surface area contributed by atoms with Gasteiger partial charge in [0.05, 0.1) is 16.3 Å². The molecule has 0 spiro atoms. The first-order chi connectivity index (χ1) is 15.2. The first-order valence-corrected chi connectivity index (χ1v) is 9.73. The number of carbonyl (C=O) groups is 4. The summed E-state index contributed by atoms with van der Waals surface area (Å²) in [5.41, 5.74) is 1.34. The fourth-order valence-corrected chi connectivity index (χ4v) is 3.35. The van der Waals surface area contributed by atoms with Crippen LogP contribution in [0.1, 0.15) is 21.7 Å². The summed E-state index contributed by atoms with van der Waals surface area (Å²) in [6.45, 7) is 1.87. The largest absolute Gasteiger partial charge is 0.478 e. The third-order valence-electron chi connectivity index (χ3n) is 4.79. The number of barbiturate groups is 1. The first-order valence-electron chi connectivity index (χ1n) is 9.36. The van der Waals surface area contributed by atoms with Gasteiger partial charge in [-0.1, -0.05) is 29.3 Å². The van der Waals surface area contributed by atoms with Crippen LogP contribution in [0.5, 0.6) is 0 Å². The normalized spacial score (nSPS) is 15.2. The zero-order valence-corrected chi connectivity index (χ0v) is 17.3. The SMILES string of the molecule is Cc1ccc(N2C(=O)NC(=O)/C(=C\c3ccc(-c4ccc(Cl)c(C(=O)O)c4)o3)C2=O)cc1. The van der Waals surface area contributed by atoms with Crippen LogP contribution in [0, 0.1) is 6.92 Å². The molecule has 160 valence electrons. The van der Waals surface area contributed by atoms with Gasteiger partial charge in [0.2, 0.25) is 0 Å². The molecule has 1 aromatic heterocycles. The summed E-state index contributed by atoms with van der Waals surface area (Å²) < 4.78 is 5.68. The molecule has 8 nitrogen and oxygen atoms in total. The van der Waals surface area contributed by atoms with E-state index >= 15 is 0 Å². The van der Waals surface area contributed by atoms with E-state index in [4.69, 9.17) is 16.0 Å². The third-order valence-corrected chi connectivity index (χ3v) is 5.12. The van der Waals surface area contributed by atoms with E-state index in [1.54, 1.807) is 36.4 Å². The number of hydrogen-bond acceptors (Lipinski definition) is 5. The van der Waals surface area contributed by atoms with Crippen LogP contribution in [0.4, 0.5) is 10.5 Å². The second-order valence-electron chi connectivity index (χ2n) is 7.00. The van der Waals surface area contributed by atoms with Gasteiger partial charge in [0, 0.05) is 5.56 Å². The van der Waals surface area contributed by atoms with Crippen molar-refractivity contribution in [1.82, 2.24) is 5.32 Å². The minimum Gasteiger partial charge on any atom is -0.478 e. The number of anilines is 1. The number of aromatic carboxylic acids is 1. The highest BCUT2D eigenvalue weighted by Gasteiger charge is 2.37. The Labute approximate surface area is 186 Å². The van der Waals surface area contributed by atoms with Crippen molar-refractivity contribution in [3.63, 3.8) is 0 Å². The van der Waals surface area contributed by atoms with Crippen LogP contribution in [-0.2, 0) is 9.59 Å². The molecule has 0 atom stereocenters. The first kappa shape index (κ1) is 21.1. The number of aryl methyl sites for hydroxylation is 1. The van der Waals surface area contributed by atoms with Gasteiger partial charge in [0.15, 0.2) is 0 Å². The predicted molar refractivity (Wildman–Crippen MR) is 116 cm³/mol. The maximum atomic E-state index is 12.9. The van der Waals surface area contributed by atoms with Crippen LogP contribution in [0.2, 0.25) is 5.02 Å². The molecular formula is C23H15ClN2O6. The van der Waals surface area contributed by atoms with Gasteiger partial charge in [-0.15, -0.1) is 0 Å². The van der Waals surface area contributed by atoms with Crippen molar-refractivity contribution in [3.05, 3.63) is 82.1 Å². The highest BCUT2D eigenvalue weighted by molar-refractivity contribution is 6.39. The summed E-state index contributed by atoms with van der Waals surface area (Å²) in [4.78, 5) is 49.7. The number of halogens is 1. The number of carbonyl (C=O) groups excluding carboxylic acids is 3. The third kappa shape index (κ3) is 3.91. The smallest absolute Gasteiger partial charge is 0.337 e. The number of nitrogens with zero attached hydrogens (tertiary/aromatic N) is 1. The minimum atomic E-state index is -1.18. The van der Waals surface area contributed by atoms with Gasteiger partial charge in [-0.3, -0.25) is 14.9 Å². The highest BCUT2D eigenvalue weighted by atomic mass is 35.5. The summed E-state index contributed by atoms with van der Waals surface area (Å²) in [6.07, 6.45) is 1.23. The topological polar surface area (TPSA) is 117 Å². The molecule has 0 saturated carbocycles. The Bertz CT molecular complexity index is 1310. The molecule has 2 N–H and O–H groups in total. The Hall–Kier alpha value is -4.17. The Balaban J connectivity index is 1.67. The Morgan fingerprint density at radius 2 is 1.78 bits per heavy atom. The molecule has 2 aromatic carbocycles. The van der Waals surface area contributed by atoms with Crippen molar-refractivity contribution in [1.29, 1.82) is 0 Å². The fraction of sp³-hybridized carbons (Fsp3) is 0.0435. The van der Waals surface area contributed by atoms with E-state index in [0.29, 0.717) is 17.0 Å². The van der Waals surface area contributed by atoms with E-state index < -0.39 is 23.8 Å². The summed E-state index contributed by atoms with van der Waals surface area (Å²) >= 11 is 5.89. The van der Waals surface area contributed by atoms with Crippen molar-refractivity contribution in [3.8, 4) is 11.3 Å². The van der Waals surface area contributed by atoms with E-state index in [9.17, 15) is 24.3 Å². The molecule has 0 aliphatic carbocycles. The lowest BCUT2D eigenvalue weighted by Gasteiger charge is -2.26. The quantitative estimate of drug-likeness (QED) is 0.452. The van der Waals surface area contributed by atoms with Gasteiger partial charge in [0.1, 0.15) is 17.1 Å². The summed E-state index contributed by atoms with van der Waals surface area (Å²) in [6, 6.07) is 13.3. The monoisotopic (exact) mass is 450 g/mol. The average molecular weight is 451 g/mol. The molecule has 4 rings (SSSR count). The highest BCUT2D eigenvalue weighted by Crippen LogP contribution is 2.28. The number of carboxylic acids is 1. The van der Waals surface area contributed by atoms with Crippen molar-refractivity contribution in [2.75, 3.05) is 4.90 Å². The molecule has 2 heterocycles. The molecule has 0 bridgehead atoms. The summed E-state index contributed by atoms with van der Waals surface area (Å²) in [5, 5.41) is 11.5. The van der Waals surface area contributed by atoms with Crippen molar-refractivity contribution < 1.29 is 28.7 Å². The maximum absolute atomic E-state index is 12.9. The van der Waals surface area contributed by atoms with Gasteiger partial charge < -0.3 is 9.52 Å². The van der Waals surface area contributed by atoms with E-state index in [1.165, 1.54) is 24.3 Å². The van der Waals surface area contributed by atoms with E-state index in [0.717, 1.165) is 10.5 Å².